The van der Waals surface area contributed by atoms with Crippen LogP contribution in [0.4, 0.5) is 0 Å². The fourth-order valence-electron chi connectivity index (χ4n) is 4.45. The highest BCUT2D eigenvalue weighted by Crippen LogP contribution is 2.34. The van der Waals surface area contributed by atoms with Gasteiger partial charge >= 0.3 is 7.58 Å². The normalized spacial score (nSPS) is 11.0. The van der Waals surface area contributed by atoms with E-state index in [0.717, 1.165) is 0 Å². The summed E-state index contributed by atoms with van der Waals surface area (Å²) in [7, 11) is -1.11. The first-order valence-electron chi connectivity index (χ1n) is 9.28. The Morgan fingerprint density at radius 1 is 0.593 bits per heavy atom. The van der Waals surface area contributed by atoms with Gasteiger partial charge in [-0.15, -0.1) is 0 Å². The predicted octanol–water partition coefficient (Wildman–Crippen LogP) is 7.44. The van der Waals surface area contributed by atoms with Crippen molar-refractivity contribution in [3.05, 3.63) is 75.8 Å². The van der Waals surface area contributed by atoms with Gasteiger partial charge in [0.25, 0.3) is 0 Å². The Hall–Kier alpha value is -0.348. The van der Waals surface area contributed by atoms with Gasteiger partial charge in [-0.25, -0.2) is 0 Å². The number of benzene rings is 3. The molecule has 0 atom stereocenters. The molecule has 0 aliphatic heterocycles. The Bertz CT molecular complexity index is 897. The molecular weight excluding hydrogens is 569 g/mol. The summed E-state index contributed by atoms with van der Waals surface area (Å²) in [6.45, 7) is 13.4. The van der Waals surface area contributed by atoms with Crippen molar-refractivity contribution in [2.45, 2.75) is 41.5 Å². The van der Waals surface area contributed by atoms with E-state index in [-0.39, 0.29) is 0 Å². The maximum atomic E-state index is 2.70. The van der Waals surface area contributed by atoms with Crippen LogP contribution in [0.1, 0.15) is 33.4 Å². The summed E-state index contributed by atoms with van der Waals surface area (Å²) < 4.78 is 1.57. The molecule has 3 aromatic carbocycles. The minimum Gasteiger partial charge on any atom is -0.183 e. The van der Waals surface area contributed by atoms with E-state index < -0.39 is 7.58 Å². The smallest absolute Gasteiger partial charge is 0.183 e. The van der Waals surface area contributed by atoms with E-state index in [0.29, 0.717) is 0 Å². The molecule has 3 heteroatoms. The lowest BCUT2D eigenvalue weighted by Gasteiger charge is -2.21. The Kier molecular flexibility index (Phi) is 6.78. The van der Waals surface area contributed by atoms with Gasteiger partial charge in [-0.3, -0.25) is 0 Å². The van der Waals surface area contributed by atoms with E-state index in [9.17, 15) is 0 Å². The summed E-state index contributed by atoms with van der Waals surface area (Å²) in [6.07, 6.45) is 0. The second-order valence-electron chi connectivity index (χ2n) is 7.61. The fraction of sp³-hybridized carbons (Fsp3) is 0.250. The summed E-state index contributed by atoms with van der Waals surface area (Å²) in [5.41, 5.74) is 13.9. The van der Waals surface area contributed by atoms with Crippen LogP contribution in [0.15, 0.2) is 42.5 Å². The fourth-order valence-corrected chi connectivity index (χ4v) is 9.42. The lowest BCUT2D eigenvalue weighted by molar-refractivity contribution is 1.31. The highest BCUT2D eigenvalue weighted by atomic mass is 127. The zero-order chi connectivity index (χ0) is 19.9. The molecule has 0 aliphatic rings. The van der Waals surface area contributed by atoms with E-state index in [1.807, 2.05) is 0 Å². The van der Waals surface area contributed by atoms with Gasteiger partial charge in [0.15, 0.2) is 0 Å². The van der Waals surface area contributed by atoms with Crippen molar-refractivity contribution in [2.24, 2.45) is 0 Å². The van der Waals surface area contributed by atoms with E-state index in [1.165, 1.54) is 55.6 Å². The molecule has 0 saturated heterocycles. The van der Waals surface area contributed by atoms with E-state index >= 15 is 0 Å². The minimum absolute atomic E-state index is 1.11. The predicted molar refractivity (Wildman–Crippen MR) is 139 cm³/mol. The average molecular weight is 594 g/mol. The van der Waals surface area contributed by atoms with Gasteiger partial charge in [-0.05, 0) is 86.1 Å². The van der Waals surface area contributed by atoms with Crippen LogP contribution in [0.25, 0.3) is 22.3 Å². The Balaban J connectivity index is 2.37. The molecule has 0 radical (unpaired) electrons. The molecule has 0 N–H and O–H groups in total. The van der Waals surface area contributed by atoms with Crippen molar-refractivity contribution in [2.75, 3.05) is 0 Å². The third-order valence-electron chi connectivity index (χ3n) is 5.22. The molecule has 0 heterocycles. The maximum Gasteiger partial charge on any atom is 0.482 e. The zero-order valence-electron chi connectivity index (χ0n) is 16.9. The molecule has 3 aromatic rings. The van der Waals surface area contributed by atoms with Crippen molar-refractivity contribution in [1.29, 1.82) is 0 Å². The number of hydrogen-bond donors (Lipinski definition) is 0. The van der Waals surface area contributed by atoms with Gasteiger partial charge in [0.2, 0.25) is 0 Å². The Morgan fingerprint density at radius 3 is 1.22 bits per heavy atom. The van der Waals surface area contributed by atoms with Crippen LogP contribution in [0.5, 0.6) is 0 Å². The summed E-state index contributed by atoms with van der Waals surface area (Å²) in [5, 5.41) is 0. The quantitative estimate of drug-likeness (QED) is 0.219. The van der Waals surface area contributed by atoms with Crippen molar-refractivity contribution < 1.29 is 0 Å². The maximum absolute atomic E-state index is 2.70. The monoisotopic (exact) mass is 594 g/mol. The number of halogens is 2. The molecule has 0 unspecified atom stereocenters. The van der Waals surface area contributed by atoms with Gasteiger partial charge < -0.3 is 0 Å². The molecule has 27 heavy (non-hydrogen) atoms. The van der Waals surface area contributed by atoms with Crippen molar-refractivity contribution >= 4 is 52.6 Å². The summed E-state index contributed by atoms with van der Waals surface area (Å²) in [6, 6.07) is 16.2. The molecule has 0 aliphatic carbocycles. The first-order valence-corrected chi connectivity index (χ1v) is 18.2. The third-order valence-corrected chi connectivity index (χ3v) is 10.0. The van der Waals surface area contributed by atoms with Crippen molar-refractivity contribution in [3.63, 3.8) is 0 Å². The molecule has 0 saturated carbocycles. The number of rotatable bonds is 3. The molecule has 0 amide bonds. The summed E-state index contributed by atoms with van der Waals surface area (Å²) in [5.74, 6) is 0. The van der Waals surface area contributed by atoms with Gasteiger partial charge in [-0.1, -0.05) is 58.0 Å². The second-order valence-corrected chi connectivity index (χ2v) is 23.4. The molecule has 3 rings (SSSR count). The van der Waals surface area contributed by atoms with Crippen LogP contribution in [0.3, 0.4) is 0 Å². The molecule has 0 spiro atoms. The Morgan fingerprint density at radius 2 is 0.926 bits per heavy atom. The first kappa shape index (κ1) is 21.4. The topological polar surface area (TPSA) is 0 Å². The highest BCUT2D eigenvalue weighted by molar-refractivity contribution is 14.3. The molecule has 0 nitrogen and oxygen atoms in total. The van der Waals surface area contributed by atoms with E-state index in [1.54, 1.807) is 4.43 Å². The lowest BCUT2D eigenvalue weighted by Crippen LogP contribution is -2.23. The largest absolute Gasteiger partial charge is 0.482 e. The lowest BCUT2D eigenvalue weighted by atomic mass is 9.89. The van der Waals surface area contributed by atoms with E-state index in [4.69, 9.17) is 0 Å². The Labute approximate surface area is 190 Å². The van der Waals surface area contributed by atoms with Gasteiger partial charge in [0.05, 0.1) is 0 Å². The van der Waals surface area contributed by atoms with Crippen LogP contribution in [0.2, 0.25) is 0 Å². The van der Waals surface area contributed by atoms with Crippen LogP contribution in [-0.4, -0.2) is 7.58 Å². The third kappa shape index (κ3) is 4.32. The molecule has 0 bridgehead atoms. The van der Waals surface area contributed by atoms with Gasteiger partial charge in [0.1, 0.15) is 0 Å². The number of aryl methyl sites for hydroxylation is 6. The molecule has 138 valence electrons. The van der Waals surface area contributed by atoms with Crippen molar-refractivity contribution in [1.82, 2.24) is 0 Å². The van der Waals surface area contributed by atoms with Gasteiger partial charge in [0, 0.05) is 0 Å². The molecule has 0 fully saturated rings. The first-order chi connectivity index (χ1) is 12.7. The second kappa shape index (κ2) is 8.57. The average Bonchev–Trinajstić information content (AvgIpc) is 2.52. The standard InChI is InChI=1S/C24H25.Al.2HI/c1-15-10-17(3)23(18(4)11-15)21-8-7-9-22(14-21)24-19(5)12-16(2)13-20(24)6;;;/h7-13H,1-6H3;;2*1H/q;+2;;/p-2. The molecule has 0 aromatic heterocycles. The van der Waals surface area contributed by atoms with Crippen LogP contribution in [-0.2, 0) is 0 Å². The van der Waals surface area contributed by atoms with Crippen LogP contribution >= 0.6 is 40.5 Å². The van der Waals surface area contributed by atoms with Crippen LogP contribution < -0.4 is 4.43 Å². The zero-order valence-corrected chi connectivity index (χ0v) is 22.3. The van der Waals surface area contributed by atoms with Crippen LogP contribution in [0, 0.1) is 41.5 Å². The van der Waals surface area contributed by atoms with Crippen molar-refractivity contribution in [3.8, 4) is 22.3 Å². The van der Waals surface area contributed by atoms with E-state index in [2.05, 4.69) is 125 Å². The SMILES string of the molecule is Cc1cc(C)c(-c2cccc(-c3c(C)cc(C)cc3C)[c]2[Al]([I])[I])c(C)c1. The number of hydrogen-bond acceptors (Lipinski definition) is 0. The minimum atomic E-state index is -1.11. The highest BCUT2D eigenvalue weighted by Gasteiger charge is 2.25. The summed E-state index contributed by atoms with van der Waals surface area (Å²) >= 11 is 5.40. The van der Waals surface area contributed by atoms with Gasteiger partial charge in [-0.2, -0.15) is 40.5 Å². The summed E-state index contributed by atoms with van der Waals surface area (Å²) in [4.78, 5) is 0. The molecular formula is C24H25AlI2.